The number of aromatic nitrogens is 2. The average Bonchev–Trinajstić information content (AvgIpc) is 3.25. The number of amides is 1. The second-order valence-corrected chi connectivity index (χ2v) is 7.77. The van der Waals surface area contributed by atoms with Crippen LogP contribution in [0.1, 0.15) is 34.1 Å². The molecule has 0 spiro atoms. The minimum absolute atomic E-state index is 0.0832. The van der Waals surface area contributed by atoms with Crippen molar-refractivity contribution in [2.75, 3.05) is 11.9 Å². The third-order valence-corrected chi connectivity index (χ3v) is 5.38. The lowest BCUT2D eigenvalue weighted by Crippen LogP contribution is -2.14. The number of rotatable bonds is 5. The van der Waals surface area contributed by atoms with Crippen molar-refractivity contribution in [2.24, 2.45) is 0 Å². The summed E-state index contributed by atoms with van der Waals surface area (Å²) in [6.07, 6.45) is 0.0832. The summed E-state index contributed by atoms with van der Waals surface area (Å²) in [5.74, 6) is -0.610. The first-order valence-electron chi connectivity index (χ1n) is 9.17. The van der Waals surface area contributed by atoms with E-state index in [1.165, 1.54) is 11.3 Å². The van der Waals surface area contributed by atoms with Crippen molar-refractivity contribution in [1.82, 2.24) is 10.1 Å². The highest BCUT2D eigenvalue weighted by Crippen LogP contribution is 2.28. The summed E-state index contributed by atoms with van der Waals surface area (Å²) < 4.78 is 11.2. The van der Waals surface area contributed by atoms with E-state index in [9.17, 15) is 9.59 Å². The molecule has 2 heterocycles. The second kappa shape index (κ2) is 7.63. The van der Waals surface area contributed by atoms with Crippen molar-refractivity contribution in [3.63, 3.8) is 0 Å². The average molecular weight is 409 g/mol. The lowest BCUT2D eigenvalue weighted by Gasteiger charge is -2.00. The third kappa shape index (κ3) is 3.84. The maximum absolute atomic E-state index is 12.5. The minimum Gasteiger partial charge on any atom is -0.462 e. The number of esters is 1. The fourth-order valence-corrected chi connectivity index (χ4v) is 4.12. The molecule has 1 N–H and O–H groups in total. The van der Waals surface area contributed by atoms with Crippen LogP contribution in [0.2, 0.25) is 0 Å². The molecule has 0 saturated heterocycles. The van der Waals surface area contributed by atoms with E-state index in [4.69, 9.17) is 9.26 Å². The number of nitrogens with zero attached hydrogens (tertiary/aromatic N) is 2. The van der Waals surface area contributed by atoms with Gasteiger partial charge in [-0.15, -0.1) is 0 Å². The Labute approximate surface area is 170 Å². The number of hydrogen-bond donors (Lipinski definition) is 1. The largest absolute Gasteiger partial charge is 0.462 e. The summed E-state index contributed by atoms with van der Waals surface area (Å²) >= 11 is 1.30. The fourth-order valence-electron chi connectivity index (χ4n) is 3.20. The number of hydrogen-bond acceptors (Lipinski definition) is 7. The molecule has 0 saturated carbocycles. The van der Waals surface area contributed by atoms with Crippen LogP contribution in [0.15, 0.2) is 34.9 Å². The standard InChI is InChI=1S/C21H19N3O4S/c1-4-27-20(26)13-5-6-15-17(9-13)29-21(22-15)23-18(25)10-16-14-8-11(2)7-12(3)19(14)28-24-16/h5-9H,4,10H2,1-3H3,(H,22,23,25). The molecule has 8 heteroatoms. The molecule has 0 unspecified atom stereocenters. The van der Waals surface area contributed by atoms with Gasteiger partial charge in [0, 0.05) is 5.39 Å². The van der Waals surface area contributed by atoms with Crippen molar-refractivity contribution < 1.29 is 18.8 Å². The predicted octanol–water partition coefficient (Wildman–Crippen LogP) is 4.41. The van der Waals surface area contributed by atoms with E-state index in [1.54, 1.807) is 25.1 Å². The number of carbonyl (C=O) groups is 2. The lowest BCUT2D eigenvalue weighted by atomic mass is 10.1. The van der Waals surface area contributed by atoms with Gasteiger partial charge in [0.15, 0.2) is 10.7 Å². The monoisotopic (exact) mass is 409 g/mol. The first-order valence-corrected chi connectivity index (χ1v) is 9.99. The van der Waals surface area contributed by atoms with Gasteiger partial charge in [0.1, 0.15) is 5.69 Å². The molecule has 0 bridgehead atoms. The highest BCUT2D eigenvalue weighted by molar-refractivity contribution is 7.22. The molecule has 7 nitrogen and oxygen atoms in total. The Morgan fingerprint density at radius 3 is 2.83 bits per heavy atom. The molecule has 0 atom stereocenters. The summed E-state index contributed by atoms with van der Waals surface area (Å²) in [5, 5.41) is 8.19. The first kappa shape index (κ1) is 19.1. The zero-order valence-electron chi connectivity index (χ0n) is 16.2. The van der Waals surface area contributed by atoms with Crippen molar-refractivity contribution >= 4 is 49.5 Å². The van der Waals surface area contributed by atoms with E-state index in [0.717, 1.165) is 21.2 Å². The summed E-state index contributed by atoms with van der Waals surface area (Å²) in [4.78, 5) is 28.8. The molecular weight excluding hydrogens is 390 g/mol. The van der Waals surface area contributed by atoms with Gasteiger partial charge in [-0.25, -0.2) is 9.78 Å². The van der Waals surface area contributed by atoms with Crippen LogP contribution in [0.3, 0.4) is 0 Å². The molecule has 4 aromatic rings. The summed E-state index contributed by atoms with van der Waals surface area (Å²) in [6, 6.07) is 9.11. The molecule has 0 aliphatic carbocycles. The van der Waals surface area contributed by atoms with Gasteiger partial charge in [0.05, 0.1) is 28.8 Å². The number of anilines is 1. The molecule has 0 aliphatic rings. The number of ether oxygens (including phenoxy) is 1. The normalized spacial score (nSPS) is 11.1. The van der Waals surface area contributed by atoms with Gasteiger partial charge in [0.25, 0.3) is 0 Å². The van der Waals surface area contributed by atoms with Gasteiger partial charge in [-0.05, 0) is 56.2 Å². The number of carbonyl (C=O) groups excluding carboxylic acids is 2. The number of thiazole rings is 1. The maximum Gasteiger partial charge on any atom is 0.338 e. The topological polar surface area (TPSA) is 94.3 Å². The molecule has 0 fully saturated rings. The quantitative estimate of drug-likeness (QED) is 0.491. The van der Waals surface area contributed by atoms with Crippen LogP contribution in [0, 0.1) is 13.8 Å². The van der Waals surface area contributed by atoms with E-state index in [2.05, 4.69) is 15.5 Å². The first-order chi connectivity index (χ1) is 13.9. The second-order valence-electron chi connectivity index (χ2n) is 6.73. The SMILES string of the molecule is CCOC(=O)c1ccc2nc(NC(=O)Cc3noc4c(C)cc(C)cc34)sc2c1. The highest BCUT2D eigenvalue weighted by Gasteiger charge is 2.16. The Balaban J connectivity index is 1.53. The van der Waals surface area contributed by atoms with Crippen LogP contribution in [-0.2, 0) is 16.0 Å². The smallest absolute Gasteiger partial charge is 0.338 e. The highest BCUT2D eigenvalue weighted by atomic mass is 32.1. The van der Waals surface area contributed by atoms with Crippen LogP contribution in [0.5, 0.6) is 0 Å². The summed E-state index contributed by atoms with van der Waals surface area (Å²) in [7, 11) is 0. The zero-order chi connectivity index (χ0) is 20.5. The van der Waals surface area contributed by atoms with Crippen molar-refractivity contribution in [3.05, 3.63) is 52.7 Å². The van der Waals surface area contributed by atoms with E-state index < -0.39 is 0 Å². The maximum atomic E-state index is 12.5. The van der Waals surface area contributed by atoms with Gasteiger partial charge >= 0.3 is 5.97 Å². The number of fused-ring (bicyclic) bond motifs is 2. The van der Waals surface area contributed by atoms with Crippen LogP contribution < -0.4 is 5.32 Å². The number of nitrogens with one attached hydrogen (secondary N) is 1. The van der Waals surface area contributed by atoms with Gasteiger partial charge in [-0.1, -0.05) is 22.6 Å². The van der Waals surface area contributed by atoms with Crippen LogP contribution >= 0.6 is 11.3 Å². The van der Waals surface area contributed by atoms with E-state index in [0.29, 0.717) is 34.1 Å². The molecular formula is C21H19N3O4S. The van der Waals surface area contributed by atoms with Gasteiger partial charge < -0.3 is 14.6 Å². The fraction of sp³-hybridized carbons (Fsp3) is 0.238. The van der Waals surface area contributed by atoms with E-state index in [1.807, 2.05) is 26.0 Å². The number of aryl methyl sites for hydroxylation is 2. The molecule has 148 valence electrons. The third-order valence-electron chi connectivity index (χ3n) is 4.45. The molecule has 2 aromatic carbocycles. The molecule has 0 radical (unpaired) electrons. The van der Waals surface area contributed by atoms with Gasteiger partial charge in [0.2, 0.25) is 5.91 Å². The molecule has 2 aromatic heterocycles. The lowest BCUT2D eigenvalue weighted by molar-refractivity contribution is -0.115. The summed E-state index contributed by atoms with van der Waals surface area (Å²) in [5.41, 5.74) is 4.53. The Morgan fingerprint density at radius 1 is 1.21 bits per heavy atom. The van der Waals surface area contributed by atoms with E-state index in [-0.39, 0.29) is 18.3 Å². The Hall–Kier alpha value is -3.26. The predicted molar refractivity (Wildman–Crippen MR) is 111 cm³/mol. The van der Waals surface area contributed by atoms with Crippen LogP contribution in [0.4, 0.5) is 5.13 Å². The van der Waals surface area contributed by atoms with Crippen molar-refractivity contribution in [3.8, 4) is 0 Å². The van der Waals surface area contributed by atoms with Crippen molar-refractivity contribution in [1.29, 1.82) is 0 Å². The molecule has 4 rings (SSSR count). The van der Waals surface area contributed by atoms with Gasteiger partial charge in [-0.2, -0.15) is 0 Å². The Bertz CT molecular complexity index is 1240. The minimum atomic E-state index is -0.378. The van der Waals surface area contributed by atoms with E-state index >= 15 is 0 Å². The molecule has 0 aliphatic heterocycles. The van der Waals surface area contributed by atoms with Gasteiger partial charge in [-0.3, -0.25) is 4.79 Å². The molecule has 29 heavy (non-hydrogen) atoms. The Kier molecular flexibility index (Phi) is 5.02. The zero-order valence-corrected chi connectivity index (χ0v) is 17.1. The van der Waals surface area contributed by atoms with Crippen LogP contribution in [0.25, 0.3) is 21.2 Å². The summed E-state index contributed by atoms with van der Waals surface area (Å²) in [6.45, 7) is 6.03. The van der Waals surface area contributed by atoms with Crippen LogP contribution in [-0.4, -0.2) is 28.6 Å². The number of benzene rings is 2. The van der Waals surface area contributed by atoms with Crippen molar-refractivity contribution in [2.45, 2.75) is 27.2 Å². The molecule has 1 amide bonds. The Morgan fingerprint density at radius 2 is 2.03 bits per heavy atom.